The summed E-state index contributed by atoms with van der Waals surface area (Å²) in [5.74, 6) is 0.525. The zero-order valence-electron chi connectivity index (χ0n) is 9.86. The van der Waals surface area contributed by atoms with E-state index in [2.05, 4.69) is 9.97 Å². The third-order valence-corrected chi connectivity index (χ3v) is 3.76. The monoisotopic (exact) mass is 261 g/mol. The molecule has 0 saturated heterocycles. The van der Waals surface area contributed by atoms with E-state index in [1.165, 1.54) is 11.8 Å². The maximum Gasteiger partial charge on any atom is 0.187 e. The average molecular weight is 261 g/mol. The quantitative estimate of drug-likeness (QED) is 0.629. The van der Waals surface area contributed by atoms with Crippen LogP contribution in [0.3, 0.4) is 0 Å². The summed E-state index contributed by atoms with van der Waals surface area (Å²) in [6, 6.07) is 11.4. The lowest BCUT2D eigenvalue weighted by Crippen LogP contribution is -2.43. The van der Waals surface area contributed by atoms with Crippen molar-refractivity contribution in [3.8, 4) is 0 Å². The molecule has 0 fully saturated rings. The van der Waals surface area contributed by atoms with Gasteiger partial charge in [-0.1, -0.05) is 42.1 Å². The van der Waals surface area contributed by atoms with Gasteiger partial charge in [0.15, 0.2) is 5.16 Å². The minimum atomic E-state index is -0.773. The molecule has 0 radical (unpaired) electrons. The number of benzene rings is 1. The Labute approximate surface area is 110 Å². The SMILES string of the molecule is NC(CO)(CSc1ncccn1)c1ccccc1. The average Bonchev–Trinajstić information content (AvgIpc) is 2.47. The van der Waals surface area contributed by atoms with Crippen molar-refractivity contribution in [1.29, 1.82) is 0 Å². The van der Waals surface area contributed by atoms with E-state index < -0.39 is 5.54 Å². The second kappa shape index (κ2) is 5.95. The summed E-state index contributed by atoms with van der Waals surface area (Å²) in [5, 5.41) is 10.2. The normalized spacial score (nSPS) is 14.1. The van der Waals surface area contributed by atoms with Gasteiger partial charge in [0.1, 0.15) is 0 Å². The number of aromatic nitrogens is 2. The second-order valence-electron chi connectivity index (χ2n) is 4.00. The van der Waals surface area contributed by atoms with E-state index in [4.69, 9.17) is 5.73 Å². The Bertz CT molecular complexity index is 480. The third kappa shape index (κ3) is 3.07. The van der Waals surface area contributed by atoms with Gasteiger partial charge in [0.25, 0.3) is 0 Å². The molecule has 0 amide bonds. The number of aliphatic hydroxyl groups excluding tert-OH is 1. The summed E-state index contributed by atoms with van der Waals surface area (Å²) < 4.78 is 0. The van der Waals surface area contributed by atoms with E-state index in [0.717, 1.165) is 5.56 Å². The van der Waals surface area contributed by atoms with Crippen LogP contribution in [-0.2, 0) is 5.54 Å². The predicted molar refractivity (Wildman–Crippen MR) is 72.1 cm³/mol. The van der Waals surface area contributed by atoms with Crippen molar-refractivity contribution in [2.24, 2.45) is 5.73 Å². The summed E-state index contributed by atoms with van der Waals surface area (Å²) in [7, 11) is 0. The number of rotatable bonds is 5. The summed E-state index contributed by atoms with van der Waals surface area (Å²) >= 11 is 1.44. The molecule has 5 heteroatoms. The Morgan fingerprint density at radius 2 is 1.78 bits per heavy atom. The van der Waals surface area contributed by atoms with Gasteiger partial charge in [-0.05, 0) is 11.6 Å². The fourth-order valence-electron chi connectivity index (χ4n) is 1.54. The Morgan fingerprint density at radius 3 is 2.39 bits per heavy atom. The molecule has 1 aromatic heterocycles. The largest absolute Gasteiger partial charge is 0.394 e. The Hall–Kier alpha value is -1.43. The molecule has 1 aromatic carbocycles. The van der Waals surface area contributed by atoms with Crippen LogP contribution >= 0.6 is 11.8 Å². The molecule has 1 heterocycles. The standard InChI is InChI=1S/C13H15N3OS/c14-13(9-17,11-5-2-1-3-6-11)10-18-12-15-7-4-8-16-12/h1-8,17H,9-10,14H2. The highest BCUT2D eigenvalue weighted by atomic mass is 32.2. The highest BCUT2D eigenvalue weighted by Gasteiger charge is 2.26. The number of hydrogen-bond donors (Lipinski definition) is 2. The van der Waals surface area contributed by atoms with Crippen LogP contribution in [-0.4, -0.2) is 27.4 Å². The highest BCUT2D eigenvalue weighted by molar-refractivity contribution is 7.99. The first-order valence-corrected chi connectivity index (χ1v) is 6.58. The van der Waals surface area contributed by atoms with Gasteiger partial charge in [0.2, 0.25) is 0 Å². The van der Waals surface area contributed by atoms with E-state index in [0.29, 0.717) is 10.9 Å². The number of hydrogen-bond acceptors (Lipinski definition) is 5. The minimum Gasteiger partial charge on any atom is -0.394 e. The maximum atomic E-state index is 9.54. The smallest absolute Gasteiger partial charge is 0.187 e. The maximum absolute atomic E-state index is 9.54. The van der Waals surface area contributed by atoms with Crippen LogP contribution < -0.4 is 5.73 Å². The highest BCUT2D eigenvalue weighted by Crippen LogP contribution is 2.25. The fraction of sp³-hybridized carbons (Fsp3) is 0.231. The molecule has 3 N–H and O–H groups in total. The lowest BCUT2D eigenvalue weighted by Gasteiger charge is -2.27. The molecule has 0 aliphatic heterocycles. The second-order valence-corrected chi connectivity index (χ2v) is 4.94. The van der Waals surface area contributed by atoms with Crippen molar-refractivity contribution in [2.45, 2.75) is 10.7 Å². The van der Waals surface area contributed by atoms with Crippen molar-refractivity contribution in [1.82, 2.24) is 9.97 Å². The molecule has 0 bridgehead atoms. The van der Waals surface area contributed by atoms with Crippen LogP contribution in [0.1, 0.15) is 5.56 Å². The van der Waals surface area contributed by atoms with Gasteiger partial charge in [-0.3, -0.25) is 0 Å². The molecule has 2 aromatic rings. The van der Waals surface area contributed by atoms with E-state index in [1.54, 1.807) is 18.5 Å². The van der Waals surface area contributed by atoms with E-state index in [9.17, 15) is 5.11 Å². The van der Waals surface area contributed by atoms with Crippen molar-refractivity contribution < 1.29 is 5.11 Å². The summed E-state index contributed by atoms with van der Waals surface area (Å²) in [4.78, 5) is 8.25. The van der Waals surface area contributed by atoms with Crippen LogP contribution in [0.4, 0.5) is 0 Å². The molecule has 18 heavy (non-hydrogen) atoms. The lowest BCUT2D eigenvalue weighted by atomic mass is 9.94. The molecule has 1 unspecified atom stereocenters. The van der Waals surface area contributed by atoms with E-state index >= 15 is 0 Å². The van der Waals surface area contributed by atoms with Gasteiger partial charge < -0.3 is 10.8 Å². The molecule has 1 atom stereocenters. The van der Waals surface area contributed by atoms with Gasteiger partial charge >= 0.3 is 0 Å². The molecule has 0 aliphatic rings. The molecule has 0 aliphatic carbocycles. The zero-order chi connectivity index (χ0) is 12.8. The Balaban J connectivity index is 2.10. The molecular formula is C13H15N3OS. The Morgan fingerprint density at radius 1 is 1.11 bits per heavy atom. The molecule has 2 rings (SSSR count). The van der Waals surface area contributed by atoms with E-state index in [1.807, 2.05) is 30.3 Å². The van der Waals surface area contributed by atoms with Crippen LogP contribution in [0.2, 0.25) is 0 Å². The summed E-state index contributed by atoms with van der Waals surface area (Å²) in [6.07, 6.45) is 3.38. The molecule has 4 nitrogen and oxygen atoms in total. The van der Waals surface area contributed by atoms with Gasteiger partial charge in [-0.15, -0.1) is 0 Å². The number of nitrogens with two attached hydrogens (primary N) is 1. The van der Waals surface area contributed by atoms with E-state index in [-0.39, 0.29) is 6.61 Å². The minimum absolute atomic E-state index is 0.114. The van der Waals surface area contributed by atoms with Gasteiger partial charge in [0.05, 0.1) is 12.1 Å². The Kier molecular flexibility index (Phi) is 4.30. The first-order chi connectivity index (χ1) is 8.74. The van der Waals surface area contributed by atoms with Crippen LogP contribution in [0, 0.1) is 0 Å². The number of thioether (sulfide) groups is 1. The predicted octanol–water partition coefficient (Wildman–Crippen LogP) is 1.42. The van der Waals surface area contributed by atoms with Crippen LogP contribution in [0.5, 0.6) is 0 Å². The first-order valence-electron chi connectivity index (χ1n) is 5.60. The van der Waals surface area contributed by atoms with Gasteiger partial charge in [-0.2, -0.15) is 0 Å². The summed E-state index contributed by atoms with van der Waals surface area (Å²) in [6.45, 7) is -0.114. The van der Waals surface area contributed by atoms with Crippen molar-refractivity contribution in [3.63, 3.8) is 0 Å². The van der Waals surface area contributed by atoms with Gasteiger partial charge in [0, 0.05) is 18.1 Å². The van der Waals surface area contributed by atoms with Crippen molar-refractivity contribution in [3.05, 3.63) is 54.4 Å². The van der Waals surface area contributed by atoms with Crippen molar-refractivity contribution >= 4 is 11.8 Å². The van der Waals surface area contributed by atoms with Crippen LogP contribution in [0.25, 0.3) is 0 Å². The number of nitrogens with zero attached hydrogens (tertiary/aromatic N) is 2. The molecular weight excluding hydrogens is 246 g/mol. The molecule has 0 saturated carbocycles. The molecule has 0 spiro atoms. The molecule has 94 valence electrons. The third-order valence-electron chi connectivity index (χ3n) is 2.63. The van der Waals surface area contributed by atoms with Gasteiger partial charge in [-0.25, -0.2) is 9.97 Å². The first kappa shape index (κ1) is 13.0. The summed E-state index contributed by atoms with van der Waals surface area (Å²) in [5.41, 5.74) is 6.38. The lowest BCUT2D eigenvalue weighted by molar-refractivity contribution is 0.213. The topological polar surface area (TPSA) is 72.0 Å². The van der Waals surface area contributed by atoms with Crippen LogP contribution in [0.15, 0.2) is 53.9 Å². The number of aliphatic hydroxyl groups is 1. The fourth-order valence-corrected chi connectivity index (χ4v) is 2.46. The van der Waals surface area contributed by atoms with Crippen molar-refractivity contribution in [2.75, 3.05) is 12.4 Å². The zero-order valence-corrected chi connectivity index (χ0v) is 10.7.